The van der Waals surface area contributed by atoms with Gasteiger partial charge in [-0.05, 0) is 37.3 Å². The molecule has 2 aromatic carbocycles. The Labute approximate surface area is 189 Å². The largest absolute Gasteiger partial charge is 0.416 e. The lowest BCUT2D eigenvalue weighted by molar-refractivity contribution is -0.137. The molecule has 2 amide bonds. The quantitative estimate of drug-likeness (QED) is 0.370. The highest BCUT2D eigenvalue weighted by Crippen LogP contribution is 2.31. The average molecular weight is 474 g/mol. The Morgan fingerprint density at radius 1 is 1.09 bits per heavy atom. The van der Waals surface area contributed by atoms with Crippen LogP contribution in [0.4, 0.5) is 29.3 Å². The Hall–Kier alpha value is -3.73. The molecule has 0 bridgehead atoms. The van der Waals surface area contributed by atoms with Crippen molar-refractivity contribution in [1.82, 2.24) is 9.56 Å². The Balaban J connectivity index is 1.46. The number of aryl methyl sites for hydroxylation is 1. The van der Waals surface area contributed by atoms with Gasteiger partial charge in [0, 0.05) is 28.5 Å². The number of alkyl halides is 3. The zero-order valence-corrected chi connectivity index (χ0v) is 18.0. The third-order valence-electron chi connectivity index (χ3n) is 4.48. The number of nitrogens with one attached hydrogen (secondary N) is 2. The summed E-state index contributed by atoms with van der Waals surface area (Å²) in [6, 6.07) is 13.7. The van der Waals surface area contributed by atoms with Crippen LogP contribution >= 0.6 is 11.8 Å². The topological polar surface area (TPSA) is 88.6 Å². The van der Waals surface area contributed by atoms with E-state index in [1.165, 1.54) is 30.0 Å². The van der Waals surface area contributed by atoms with E-state index >= 15 is 0 Å². The molecule has 2 heterocycles. The van der Waals surface area contributed by atoms with Gasteiger partial charge in [-0.3, -0.25) is 4.79 Å². The van der Waals surface area contributed by atoms with Crippen LogP contribution in [-0.2, 0) is 11.9 Å². The molecule has 0 atom stereocenters. The van der Waals surface area contributed by atoms with Gasteiger partial charge in [0.25, 0.3) is 5.56 Å². The molecule has 11 heteroatoms. The summed E-state index contributed by atoms with van der Waals surface area (Å²) in [6.07, 6.45) is -4.51. The minimum Gasteiger partial charge on any atom is -0.375 e. The van der Waals surface area contributed by atoms with Gasteiger partial charge in [0.2, 0.25) is 0 Å². The number of halogens is 3. The van der Waals surface area contributed by atoms with Gasteiger partial charge in [-0.15, -0.1) is 16.3 Å². The number of nitrogens with zero attached hydrogens (tertiary/aromatic N) is 2. The van der Waals surface area contributed by atoms with Crippen LogP contribution in [0, 0.1) is 6.92 Å². The van der Waals surface area contributed by atoms with Crippen molar-refractivity contribution in [3.05, 3.63) is 88.0 Å². The van der Waals surface area contributed by atoms with E-state index in [2.05, 4.69) is 15.6 Å². The molecular weight excluding hydrogens is 457 g/mol. The van der Waals surface area contributed by atoms with Crippen molar-refractivity contribution in [3.8, 4) is 0 Å². The smallest absolute Gasteiger partial charge is 0.375 e. The highest BCUT2D eigenvalue weighted by Gasteiger charge is 2.30. The lowest BCUT2D eigenvalue weighted by Crippen LogP contribution is -2.20. The van der Waals surface area contributed by atoms with E-state index in [1.807, 2.05) is 0 Å². The van der Waals surface area contributed by atoms with E-state index in [1.54, 1.807) is 37.3 Å². The third kappa shape index (κ3) is 5.37. The van der Waals surface area contributed by atoms with Crippen molar-refractivity contribution >= 4 is 34.8 Å². The highest BCUT2D eigenvalue weighted by atomic mass is 32.2. The van der Waals surface area contributed by atoms with Gasteiger partial charge >= 0.3 is 12.2 Å². The number of rotatable bonds is 5. The van der Waals surface area contributed by atoms with Gasteiger partial charge in [-0.1, -0.05) is 18.2 Å². The summed E-state index contributed by atoms with van der Waals surface area (Å²) >= 11 is 1.35. The number of anilines is 2. The monoisotopic (exact) mass is 474 g/mol. The number of fused-ring (bicyclic) bond motifs is 1. The zero-order chi connectivity index (χ0) is 23.6. The summed E-state index contributed by atoms with van der Waals surface area (Å²) in [6.45, 7) is 1.72. The van der Waals surface area contributed by atoms with Gasteiger partial charge in [0.05, 0.1) is 16.9 Å². The van der Waals surface area contributed by atoms with Crippen LogP contribution in [0.15, 0.2) is 74.9 Å². The number of hydrogen-bond acceptors (Lipinski definition) is 5. The third-order valence-corrected chi connectivity index (χ3v) is 5.59. The Morgan fingerprint density at radius 3 is 2.67 bits per heavy atom. The highest BCUT2D eigenvalue weighted by molar-refractivity contribution is 7.98. The minimum atomic E-state index is -4.51. The minimum absolute atomic E-state index is 0.0147. The first-order valence-corrected chi connectivity index (χ1v) is 10.6. The molecule has 0 fully saturated rings. The number of carbonyl (C=O) groups is 1. The number of benzene rings is 2. The lowest BCUT2D eigenvalue weighted by atomic mass is 10.2. The summed E-state index contributed by atoms with van der Waals surface area (Å²) in [4.78, 5) is 29.7. The van der Waals surface area contributed by atoms with Crippen molar-refractivity contribution < 1.29 is 22.5 Å². The molecule has 2 N–H and O–H groups in total. The van der Waals surface area contributed by atoms with Crippen molar-refractivity contribution in [3.63, 3.8) is 0 Å². The Kier molecular flexibility index (Phi) is 6.14. The van der Waals surface area contributed by atoms with E-state index in [0.29, 0.717) is 33.4 Å². The molecule has 0 saturated heterocycles. The van der Waals surface area contributed by atoms with Crippen LogP contribution in [-0.4, -0.2) is 15.6 Å². The van der Waals surface area contributed by atoms with Crippen molar-refractivity contribution in [1.29, 1.82) is 0 Å². The van der Waals surface area contributed by atoms with Crippen LogP contribution in [0.2, 0.25) is 0 Å². The molecule has 2 aromatic heterocycles. The second kappa shape index (κ2) is 9.02. The van der Waals surface area contributed by atoms with Crippen LogP contribution in [0.3, 0.4) is 0 Å². The predicted molar refractivity (Wildman–Crippen MR) is 119 cm³/mol. The van der Waals surface area contributed by atoms with E-state index in [0.717, 1.165) is 16.7 Å². The van der Waals surface area contributed by atoms with Crippen LogP contribution in [0.5, 0.6) is 0 Å². The van der Waals surface area contributed by atoms with E-state index in [4.69, 9.17) is 4.52 Å². The van der Waals surface area contributed by atoms with E-state index in [9.17, 15) is 22.8 Å². The summed E-state index contributed by atoms with van der Waals surface area (Å²) < 4.78 is 45.0. The van der Waals surface area contributed by atoms with Gasteiger partial charge < -0.3 is 15.2 Å². The molecule has 4 aromatic rings. The summed E-state index contributed by atoms with van der Waals surface area (Å²) in [7, 11) is 0. The molecule has 170 valence electrons. The van der Waals surface area contributed by atoms with Gasteiger partial charge in [-0.25, -0.2) is 9.78 Å². The van der Waals surface area contributed by atoms with Crippen LogP contribution in [0.1, 0.15) is 17.0 Å². The molecule has 0 saturated carbocycles. The standard InChI is InChI=1S/C22H17F3N4O3S/c1-13-9-19-26-16(11-20(30)29(19)32-13)12-33-18-8-3-2-7-17(18)28-21(31)27-15-6-4-5-14(10-15)22(23,24)25/h2-11H,12H2,1H3,(H2,27,28,31). The van der Waals surface area contributed by atoms with Gasteiger partial charge in [-0.2, -0.15) is 13.2 Å². The first-order valence-electron chi connectivity index (χ1n) is 9.66. The molecule has 33 heavy (non-hydrogen) atoms. The number of thioether (sulfide) groups is 1. The van der Waals surface area contributed by atoms with Crippen LogP contribution in [0.25, 0.3) is 5.65 Å². The van der Waals surface area contributed by atoms with Crippen molar-refractivity contribution in [2.75, 3.05) is 10.6 Å². The Bertz CT molecular complexity index is 1380. The number of hydrogen-bond donors (Lipinski definition) is 2. The first-order chi connectivity index (χ1) is 15.7. The normalized spacial score (nSPS) is 11.5. The molecule has 0 radical (unpaired) electrons. The summed E-state index contributed by atoms with van der Waals surface area (Å²) in [5, 5.41) is 5.05. The fraction of sp³-hybridized carbons (Fsp3) is 0.136. The molecule has 7 nitrogen and oxygen atoms in total. The first kappa shape index (κ1) is 22.5. The zero-order valence-electron chi connectivity index (χ0n) is 17.1. The second-order valence-corrected chi connectivity index (χ2v) is 8.04. The maximum atomic E-state index is 12.9. The number of aromatic nitrogens is 2. The van der Waals surface area contributed by atoms with E-state index in [-0.39, 0.29) is 11.2 Å². The maximum absolute atomic E-state index is 12.9. The second-order valence-electron chi connectivity index (χ2n) is 7.03. The van der Waals surface area contributed by atoms with E-state index < -0.39 is 17.8 Å². The molecular formula is C22H17F3N4O3S. The number of carbonyl (C=O) groups excluding carboxylic acids is 1. The molecule has 0 unspecified atom stereocenters. The van der Waals surface area contributed by atoms with Crippen LogP contribution < -0.4 is 16.2 Å². The fourth-order valence-corrected chi connectivity index (χ4v) is 3.95. The number of urea groups is 1. The SMILES string of the molecule is Cc1cc2nc(CSc3ccccc3NC(=O)Nc3cccc(C(F)(F)F)c3)cc(=O)n2o1. The summed E-state index contributed by atoms with van der Waals surface area (Å²) in [5.74, 6) is 0.912. The molecule has 4 rings (SSSR count). The Morgan fingerprint density at radius 2 is 1.88 bits per heavy atom. The van der Waals surface area contributed by atoms with Crippen molar-refractivity contribution in [2.24, 2.45) is 0 Å². The molecule has 0 aliphatic carbocycles. The molecule has 0 aliphatic heterocycles. The summed E-state index contributed by atoms with van der Waals surface area (Å²) in [5.41, 5.74) is 0.223. The number of amides is 2. The lowest BCUT2D eigenvalue weighted by Gasteiger charge is -2.13. The maximum Gasteiger partial charge on any atom is 0.416 e. The van der Waals surface area contributed by atoms with Gasteiger partial charge in [0.15, 0.2) is 5.65 Å². The predicted octanol–water partition coefficient (Wildman–Crippen LogP) is 5.55. The van der Waals surface area contributed by atoms with Crippen molar-refractivity contribution in [2.45, 2.75) is 23.7 Å². The number of para-hydroxylation sites is 1. The average Bonchev–Trinajstić information content (AvgIpc) is 3.13. The molecule has 0 aliphatic rings. The molecule has 0 spiro atoms. The fourth-order valence-electron chi connectivity index (χ4n) is 3.05. The van der Waals surface area contributed by atoms with Gasteiger partial charge in [0.1, 0.15) is 5.76 Å².